The van der Waals surface area contributed by atoms with E-state index in [-0.39, 0.29) is 11.6 Å². The summed E-state index contributed by atoms with van der Waals surface area (Å²) in [4.78, 5) is 14.8. The second kappa shape index (κ2) is 8.04. The number of nitrogens with one attached hydrogen (secondary N) is 2. The first-order valence-corrected chi connectivity index (χ1v) is 9.44. The van der Waals surface area contributed by atoms with Gasteiger partial charge in [-0.1, -0.05) is 18.2 Å². The number of nitrogens with zero attached hydrogens (tertiary/aromatic N) is 1. The van der Waals surface area contributed by atoms with E-state index in [0.29, 0.717) is 6.54 Å². The van der Waals surface area contributed by atoms with Crippen LogP contribution in [0.2, 0.25) is 0 Å². The quantitative estimate of drug-likeness (QED) is 0.887. The number of para-hydroxylation sites is 1. The Morgan fingerprint density at radius 3 is 2.57 bits per heavy atom. The Morgan fingerprint density at radius 1 is 1.17 bits per heavy atom. The summed E-state index contributed by atoms with van der Waals surface area (Å²) in [5, 5.41) is 5.98. The fraction of sp³-hybridized carbons (Fsp3) is 0.588. The van der Waals surface area contributed by atoms with Crippen molar-refractivity contribution in [2.75, 3.05) is 49.7 Å². The summed E-state index contributed by atoms with van der Waals surface area (Å²) in [6, 6.07) is 9.43. The van der Waals surface area contributed by atoms with Gasteiger partial charge >= 0.3 is 6.03 Å². The Balaban J connectivity index is 1.58. The largest absolute Gasteiger partial charge is 0.381 e. The summed E-state index contributed by atoms with van der Waals surface area (Å²) in [5.74, 6) is 2.36. The number of thioether (sulfide) groups is 1. The van der Waals surface area contributed by atoms with Gasteiger partial charge in [0.05, 0.1) is 0 Å². The van der Waals surface area contributed by atoms with Crippen LogP contribution in [-0.4, -0.2) is 60.8 Å². The van der Waals surface area contributed by atoms with Crippen molar-refractivity contribution in [2.45, 2.75) is 18.4 Å². The monoisotopic (exact) mass is 335 g/mol. The first-order valence-electron chi connectivity index (χ1n) is 8.29. The lowest BCUT2D eigenvalue weighted by molar-refractivity contribution is -0.0228. The minimum absolute atomic E-state index is 0.0489. The third-order valence-corrected chi connectivity index (χ3v) is 5.66. The van der Waals surface area contributed by atoms with Crippen LogP contribution < -0.4 is 10.6 Å². The molecule has 126 valence electrons. The molecule has 1 aromatic carbocycles. The Kier molecular flexibility index (Phi) is 5.80. The van der Waals surface area contributed by atoms with Crippen LogP contribution in [0.15, 0.2) is 30.3 Å². The van der Waals surface area contributed by atoms with Gasteiger partial charge in [0.25, 0.3) is 0 Å². The van der Waals surface area contributed by atoms with Crippen LogP contribution in [0.4, 0.5) is 10.5 Å². The van der Waals surface area contributed by atoms with Crippen molar-refractivity contribution < 1.29 is 9.53 Å². The number of carbonyl (C=O) groups excluding carboxylic acids is 1. The van der Waals surface area contributed by atoms with Gasteiger partial charge in [-0.25, -0.2) is 4.79 Å². The maximum atomic E-state index is 12.2. The number of hydrogen-bond donors (Lipinski definition) is 2. The third kappa shape index (κ3) is 4.40. The minimum atomic E-state index is -0.131. The normalized spacial score (nSPS) is 21.6. The van der Waals surface area contributed by atoms with Crippen LogP contribution in [0, 0.1) is 0 Å². The highest BCUT2D eigenvalue weighted by atomic mass is 32.2. The van der Waals surface area contributed by atoms with Crippen LogP contribution >= 0.6 is 11.8 Å². The molecule has 1 aromatic rings. The SMILES string of the molecule is O=C(NCC1(N2CCSCC2)CCOCC1)Nc1ccccc1. The summed E-state index contributed by atoms with van der Waals surface area (Å²) in [6.07, 6.45) is 1.98. The molecule has 23 heavy (non-hydrogen) atoms. The van der Waals surface area contributed by atoms with E-state index in [4.69, 9.17) is 4.74 Å². The van der Waals surface area contributed by atoms with Gasteiger partial charge < -0.3 is 15.4 Å². The van der Waals surface area contributed by atoms with E-state index in [1.807, 2.05) is 42.1 Å². The molecule has 0 atom stereocenters. The molecule has 6 heteroatoms. The summed E-state index contributed by atoms with van der Waals surface area (Å²) in [7, 11) is 0. The van der Waals surface area contributed by atoms with Gasteiger partial charge in [0, 0.05) is 55.6 Å². The summed E-state index contributed by atoms with van der Waals surface area (Å²) in [6.45, 7) is 4.45. The van der Waals surface area contributed by atoms with Crippen LogP contribution in [-0.2, 0) is 4.74 Å². The lowest BCUT2D eigenvalue weighted by Gasteiger charge is -2.47. The first-order chi connectivity index (χ1) is 11.3. The number of rotatable bonds is 4. The minimum Gasteiger partial charge on any atom is -0.381 e. The Bertz CT molecular complexity index is 500. The molecule has 2 aliphatic heterocycles. The van der Waals surface area contributed by atoms with Gasteiger partial charge in [-0.3, -0.25) is 4.90 Å². The number of ether oxygens (including phenoxy) is 1. The predicted octanol–water partition coefficient (Wildman–Crippen LogP) is 2.41. The number of hydrogen-bond acceptors (Lipinski definition) is 4. The summed E-state index contributed by atoms with van der Waals surface area (Å²) < 4.78 is 5.56. The van der Waals surface area contributed by atoms with Crippen LogP contribution in [0.25, 0.3) is 0 Å². The molecule has 2 heterocycles. The second-order valence-corrected chi connectivity index (χ2v) is 7.33. The van der Waals surface area contributed by atoms with Crippen molar-refractivity contribution in [1.29, 1.82) is 0 Å². The highest BCUT2D eigenvalue weighted by Gasteiger charge is 2.39. The number of carbonyl (C=O) groups is 1. The van der Waals surface area contributed by atoms with E-state index in [1.165, 1.54) is 11.5 Å². The zero-order valence-corrected chi connectivity index (χ0v) is 14.2. The maximum Gasteiger partial charge on any atom is 0.319 e. The van der Waals surface area contributed by atoms with E-state index in [0.717, 1.165) is 44.8 Å². The van der Waals surface area contributed by atoms with Crippen molar-refractivity contribution in [3.8, 4) is 0 Å². The van der Waals surface area contributed by atoms with Gasteiger partial charge in [0.1, 0.15) is 0 Å². The first kappa shape index (κ1) is 16.6. The van der Waals surface area contributed by atoms with Gasteiger partial charge in [-0.15, -0.1) is 0 Å². The fourth-order valence-corrected chi connectivity index (χ4v) is 4.24. The molecule has 0 spiro atoms. The molecule has 5 nitrogen and oxygen atoms in total. The van der Waals surface area contributed by atoms with E-state index < -0.39 is 0 Å². The average Bonchev–Trinajstić information content (AvgIpc) is 2.62. The van der Waals surface area contributed by atoms with Gasteiger partial charge in [-0.05, 0) is 25.0 Å². The molecule has 0 bridgehead atoms. The molecule has 0 radical (unpaired) electrons. The van der Waals surface area contributed by atoms with Crippen molar-refractivity contribution in [3.63, 3.8) is 0 Å². The second-order valence-electron chi connectivity index (χ2n) is 6.11. The maximum absolute atomic E-state index is 12.2. The van der Waals surface area contributed by atoms with Gasteiger partial charge in [0.2, 0.25) is 0 Å². The van der Waals surface area contributed by atoms with Crippen LogP contribution in [0.5, 0.6) is 0 Å². The van der Waals surface area contributed by atoms with Crippen LogP contribution in [0.3, 0.4) is 0 Å². The number of benzene rings is 1. The van der Waals surface area contributed by atoms with Crippen molar-refractivity contribution in [1.82, 2.24) is 10.2 Å². The molecule has 3 rings (SSSR count). The molecule has 2 fully saturated rings. The predicted molar refractivity (Wildman–Crippen MR) is 95.1 cm³/mol. The van der Waals surface area contributed by atoms with Crippen LogP contribution in [0.1, 0.15) is 12.8 Å². The van der Waals surface area contributed by atoms with E-state index >= 15 is 0 Å². The molecule has 0 saturated carbocycles. The zero-order chi connectivity index (χ0) is 16.0. The highest BCUT2D eigenvalue weighted by Crippen LogP contribution is 2.30. The third-order valence-electron chi connectivity index (χ3n) is 4.72. The van der Waals surface area contributed by atoms with Crippen molar-refractivity contribution in [2.24, 2.45) is 0 Å². The standard InChI is InChI=1S/C17H25N3O2S/c21-16(19-15-4-2-1-3-5-15)18-14-17(6-10-22-11-7-17)20-8-12-23-13-9-20/h1-5H,6-14H2,(H2,18,19,21). The van der Waals surface area contributed by atoms with Gasteiger partial charge in [0.15, 0.2) is 0 Å². The molecular weight excluding hydrogens is 310 g/mol. The molecule has 2 amide bonds. The molecule has 2 saturated heterocycles. The Hall–Kier alpha value is -1.24. The summed E-state index contributed by atoms with van der Waals surface area (Å²) >= 11 is 2.01. The number of amides is 2. The summed E-state index contributed by atoms with van der Waals surface area (Å²) in [5.41, 5.74) is 0.869. The zero-order valence-electron chi connectivity index (χ0n) is 13.4. The molecule has 2 N–H and O–H groups in total. The smallest absolute Gasteiger partial charge is 0.319 e. The van der Waals surface area contributed by atoms with Crippen molar-refractivity contribution in [3.05, 3.63) is 30.3 Å². The van der Waals surface area contributed by atoms with E-state index in [2.05, 4.69) is 15.5 Å². The van der Waals surface area contributed by atoms with Crippen molar-refractivity contribution >= 4 is 23.5 Å². The number of urea groups is 1. The molecule has 0 aromatic heterocycles. The molecular formula is C17H25N3O2S. The molecule has 2 aliphatic rings. The number of anilines is 1. The Labute approximate surface area is 142 Å². The highest BCUT2D eigenvalue weighted by molar-refractivity contribution is 7.99. The Morgan fingerprint density at radius 2 is 1.87 bits per heavy atom. The molecule has 0 unspecified atom stereocenters. The lowest BCUT2D eigenvalue weighted by atomic mass is 9.87. The molecule has 0 aliphatic carbocycles. The van der Waals surface area contributed by atoms with E-state index in [1.54, 1.807) is 0 Å². The lowest BCUT2D eigenvalue weighted by Crippen LogP contribution is -2.60. The van der Waals surface area contributed by atoms with Gasteiger partial charge in [-0.2, -0.15) is 11.8 Å². The topological polar surface area (TPSA) is 53.6 Å². The fourth-order valence-electron chi connectivity index (χ4n) is 3.34. The average molecular weight is 335 g/mol. The van der Waals surface area contributed by atoms with E-state index in [9.17, 15) is 4.79 Å².